The van der Waals surface area contributed by atoms with Crippen molar-refractivity contribution < 1.29 is 4.79 Å². The number of aromatic amines is 1. The molecule has 19 heavy (non-hydrogen) atoms. The number of benzene rings is 1. The van der Waals surface area contributed by atoms with Gasteiger partial charge in [0, 0.05) is 15.9 Å². The molecule has 0 saturated carbocycles. The van der Waals surface area contributed by atoms with Gasteiger partial charge in [-0.3, -0.25) is 9.89 Å². The Morgan fingerprint density at radius 1 is 1.42 bits per heavy atom. The molecule has 0 aliphatic heterocycles. The zero-order valence-corrected chi connectivity index (χ0v) is 12.8. The number of aryl methyl sites for hydroxylation is 3. The summed E-state index contributed by atoms with van der Waals surface area (Å²) in [6, 6.07) is 5.85. The third-order valence-corrected chi connectivity index (χ3v) is 3.54. The Labute approximate surface area is 120 Å². The fourth-order valence-corrected chi connectivity index (χ4v) is 2.46. The fourth-order valence-electron chi connectivity index (χ4n) is 2.05. The number of halogens is 1. The molecule has 0 unspecified atom stereocenters. The van der Waals surface area contributed by atoms with E-state index in [1.54, 1.807) is 0 Å². The lowest BCUT2D eigenvalue weighted by Crippen LogP contribution is -2.14. The maximum atomic E-state index is 12.3. The minimum Gasteiger partial charge on any atom is -0.322 e. The zero-order valence-electron chi connectivity index (χ0n) is 11.2. The summed E-state index contributed by atoms with van der Waals surface area (Å²) in [7, 11) is 0. The number of carbonyl (C=O) groups is 1. The van der Waals surface area contributed by atoms with Crippen LogP contribution in [-0.4, -0.2) is 16.1 Å². The average Bonchev–Trinajstić information content (AvgIpc) is 2.71. The van der Waals surface area contributed by atoms with E-state index in [-0.39, 0.29) is 5.91 Å². The predicted octanol–water partition coefficient (Wildman–Crippen LogP) is 3.60. The first kappa shape index (κ1) is 13.8. The normalized spacial score (nSPS) is 10.5. The number of amides is 1. The molecule has 5 heteroatoms. The average molecular weight is 322 g/mol. The van der Waals surface area contributed by atoms with Gasteiger partial charge in [0.15, 0.2) is 0 Å². The number of nitrogens with one attached hydrogen (secondary N) is 2. The number of hydrogen-bond acceptors (Lipinski definition) is 2. The largest absolute Gasteiger partial charge is 0.322 e. The lowest BCUT2D eigenvalue weighted by atomic mass is 10.1. The summed E-state index contributed by atoms with van der Waals surface area (Å²) in [4.78, 5) is 12.3. The van der Waals surface area contributed by atoms with Gasteiger partial charge < -0.3 is 5.32 Å². The molecule has 0 spiro atoms. The van der Waals surface area contributed by atoms with E-state index in [4.69, 9.17) is 0 Å². The number of hydrogen-bond donors (Lipinski definition) is 2. The number of anilines is 1. The van der Waals surface area contributed by atoms with Crippen LogP contribution in [0, 0.1) is 13.8 Å². The molecule has 0 aliphatic rings. The first-order chi connectivity index (χ1) is 9.02. The number of H-pyrrole nitrogens is 1. The highest BCUT2D eigenvalue weighted by atomic mass is 79.9. The van der Waals surface area contributed by atoms with E-state index in [0.29, 0.717) is 11.3 Å². The molecule has 100 valence electrons. The van der Waals surface area contributed by atoms with Gasteiger partial charge in [0.2, 0.25) is 0 Å². The van der Waals surface area contributed by atoms with Gasteiger partial charge in [-0.15, -0.1) is 0 Å². The van der Waals surface area contributed by atoms with Gasteiger partial charge in [0.25, 0.3) is 5.91 Å². The van der Waals surface area contributed by atoms with Crippen LogP contribution in [0.3, 0.4) is 0 Å². The van der Waals surface area contributed by atoms with Crippen molar-refractivity contribution in [1.82, 2.24) is 10.2 Å². The van der Waals surface area contributed by atoms with E-state index in [1.807, 2.05) is 32.0 Å². The molecule has 0 saturated heterocycles. The quantitative estimate of drug-likeness (QED) is 0.907. The van der Waals surface area contributed by atoms with Crippen molar-refractivity contribution >= 4 is 27.5 Å². The van der Waals surface area contributed by atoms with E-state index < -0.39 is 0 Å². The molecule has 2 N–H and O–H groups in total. The second-order valence-electron chi connectivity index (χ2n) is 4.42. The molecule has 2 aromatic rings. The third kappa shape index (κ3) is 2.87. The zero-order chi connectivity index (χ0) is 14.0. The van der Waals surface area contributed by atoms with E-state index in [9.17, 15) is 4.79 Å². The Balaban J connectivity index is 2.29. The highest BCUT2D eigenvalue weighted by Gasteiger charge is 2.16. The van der Waals surface area contributed by atoms with Gasteiger partial charge in [0.05, 0.1) is 11.3 Å². The number of aromatic nitrogens is 2. The van der Waals surface area contributed by atoms with E-state index in [2.05, 4.69) is 38.4 Å². The summed E-state index contributed by atoms with van der Waals surface area (Å²) < 4.78 is 1.01. The van der Waals surface area contributed by atoms with Crippen LogP contribution in [0.15, 0.2) is 22.7 Å². The van der Waals surface area contributed by atoms with Gasteiger partial charge in [-0.05, 0) is 44.0 Å². The van der Waals surface area contributed by atoms with Gasteiger partial charge in [0.1, 0.15) is 0 Å². The molecule has 1 aromatic carbocycles. The van der Waals surface area contributed by atoms with E-state index in [1.165, 1.54) is 0 Å². The van der Waals surface area contributed by atoms with Crippen molar-refractivity contribution in [2.45, 2.75) is 27.2 Å². The summed E-state index contributed by atoms with van der Waals surface area (Å²) >= 11 is 3.44. The molecule has 0 fully saturated rings. The highest BCUT2D eigenvalue weighted by molar-refractivity contribution is 9.10. The van der Waals surface area contributed by atoms with Crippen molar-refractivity contribution in [1.29, 1.82) is 0 Å². The molecular weight excluding hydrogens is 306 g/mol. The van der Waals surface area contributed by atoms with Crippen molar-refractivity contribution in [3.8, 4) is 0 Å². The lowest BCUT2D eigenvalue weighted by molar-refractivity contribution is 0.102. The fraction of sp³-hybridized carbons (Fsp3) is 0.286. The smallest absolute Gasteiger partial charge is 0.259 e. The van der Waals surface area contributed by atoms with Gasteiger partial charge in [-0.1, -0.05) is 22.9 Å². The highest BCUT2D eigenvalue weighted by Crippen LogP contribution is 2.22. The van der Waals surface area contributed by atoms with Crippen LogP contribution in [0.4, 0.5) is 5.69 Å². The molecule has 0 atom stereocenters. The van der Waals surface area contributed by atoms with Crippen LogP contribution in [0.1, 0.15) is 34.2 Å². The van der Waals surface area contributed by atoms with Crippen LogP contribution in [0.25, 0.3) is 0 Å². The summed E-state index contributed by atoms with van der Waals surface area (Å²) in [5.74, 6) is -0.124. The molecule has 4 nitrogen and oxygen atoms in total. The second kappa shape index (κ2) is 5.57. The summed E-state index contributed by atoms with van der Waals surface area (Å²) in [6.07, 6.45) is 0.860. The van der Waals surface area contributed by atoms with Crippen LogP contribution < -0.4 is 5.32 Å². The van der Waals surface area contributed by atoms with Crippen LogP contribution in [0.5, 0.6) is 0 Å². The van der Waals surface area contributed by atoms with E-state index in [0.717, 1.165) is 27.8 Å². The Hall–Kier alpha value is -1.62. The van der Waals surface area contributed by atoms with Crippen molar-refractivity contribution in [3.63, 3.8) is 0 Å². The van der Waals surface area contributed by atoms with Gasteiger partial charge in [-0.25, -0.2) is 0 Å². The number of nitrogens with zero attached hydrogens (tertiary/aromatic N) is 1. The van der Waals surface area contributed by atoms with Crippen LogP contribution >= 0.6 is 15.9 Å². The Morgan fingerprint density at radius 3 is 2.74 bits per heavy atom. The predicted molar refractivity (Wildman–Crippen MR) is 79.5 cm³/mol. The lowest BCUT2D eigenvalue weighted by Gasteiger charge is -2.10. The molecule has 1 amide bonds. The second-order valence-corrected chi connectivity index (χ2v) is 5.33. The summed E-state index contributed by atoms with van der Waals surface area (Å²) in [5, 5.41) is 9.82. The molecule has 1 aromatic heterocycles. The van der Waals surface area contributed by atoms with Gasteiger partial charge in [-0.2, -0.15) is 5.10 Å². The summed E-state index contributed by atoms with van der Waals surface area (Å²) in [5.41, 5.74) is 4.05. The topological polar surface area (TPSA) is 57.8 Å². The monoisotopic (exact) mass is 321 g/mol. The molecule has 0 aliphatic carbocycles. The first-order valence-corrected chi connectivity index (χ1v) is 6.93. The summed E-state index contributed by atoms with van der Waals surface area (Å²) in [6.45, 7) is 5.73. The molecular formula is C14H16BrN3O. The van der Waals surface area contributed by atoms with Crippen molar-refractivity contribution in [2.75, 3.05) is 5.32 Å². The Kier molecular flexibility index (Phi) is 4.04. The van der Waals surface area contributed by atoms with Crippen molar-refractivity contribution in [3.05, 3.63) is 45.2 Å². The molecule has 2 rings (SSSR count). The number of rotatable bonds is 3. The van der Waals surface area contributed by atoms with Crippen LogP contribution in [-0.2, 0) is 6.42 Å². The third-order valence-electron chi connectivity index (χ3n) is 3.05. The standard InChI is InChI=1S/C14H16BrN3O/c1-4-10-7-11(15)5-6-12(10)16-14(19)13-8(2)17-18-9(13)3/h5-7H,4H2,1-3H3,(H,16,19)(H,17,18). The van der Waals surface area contributed by atoms with Gasteiger partial charge >= 0.3 is 0 Å². The van der Waals surface area contributed by atoms with Crippen LogP contribution in [0.2, 0.25) is 0 Å². The minimum absolute atomic E-state index is 0.124. The maximum absolute atomic E-state index is 12.3. The molecule has 0 radical (unpaired) electrons. The maximum Gasteiger partial charge on any atom is 0.259 e. The Bertz CT molecular complexity index is 600. The first-order valence-electron chi connectivity index (χ1n) is 6.14. The van der Waals surface area contributed by atoms with E-state index >= 15 is 0 Å². The molecule has 0 bridgehead atoms. The Morgan fingerprint density at radius 2 is 2.16 bits per heavy atom. The SMILES string of the molecule is CCc1cc(Br)ccc1NC(=O)c1c(C)n[nH]c1C. The molecule has 1 heterocycles. The number of carbonyl (C=O) groups excluding carboxylic acids is 1. The minimum atomic E-state index is -0.124. The van der Waals surface area contributed by atoms with Crippen molar-refractivity contribution in [2.24, 2.45) is 0 Å².